The van der Waals surface area contributed by atoms with Gasteiger partial charge in [0.1, 0.15) is 11.6 Å². The minimum Gasteiger partial charge on any atom is -0.309 e. The van der Waals surface area contributed by atoms with E-state index < -0.39 is 0 Å². The maximum Gasteiger partial charge on any atom is 0.232 e. The van der Waals surface area contributed by atoms with E-state index in [0.29, 0.717) is 18.2 Å². The van der Waals surface area contributed by atoms with E-state index in [2.05, 4.69) is 25.4 Å². The molecule has 4 rings (SSSR count). The van der Waals surface area contributed by atoms with Crippen molar-refractivity contribution in [3.05, 3.63) is 78.8 Å². The van der Waals surface area contributed by atoms with Gasteiger partial charge in [0, 0.05) is 38.1 Å². The van der Waals surface area contributed by atoms with Gasteiger partial charge in [0.15, 0.2) is 0 Å². The minimum atomic E-state index is -0.0221. The first-order chi connectivity index (χ1) is 14.6. The van der Waals surface area contributed by atoms with Crippen LogP contribution in [0.25, 0.3) is 11.3 Å². The van der Waals surface area contributed by atoms with Crippen LogP contribution in [0.1, 0.15) is 5.56 Å². The van der Waals surface area contributed by atoms with Crippen LogP contribution in [0.2, 0.25) is 0 Å². The second-order valence-electron chi connectivity index (χ2n) is 6.75. The molecule has 0 radical (unpaired) electrons. The second-order valence-corrected chi connectivity index (χ2v) is 6.75. The summed E-state index contributed by atoms with van der Waals surface area (Å²) in [5, 5.41) is 7.25. The van der Waals surface area contributed by atoms with Crippen LogP contribution in [0.5, 0.6) is 0 Å². The molecule has 0 atom stereocenters. The molecule has 4 aromatic rings. The Bertz CT molecular complexity index is 1140. The molecule has 0 saturated heterocycles. The molecule has 0 aliphatic rings. The Kier molecular flexibility index (Phi) is 5.47. The topological polar surface area (TPSA) is 88.8 Å². The lowest BCUT2D eigenvalue weighted by Crippen LogP contribution is -2.28. The summed E-state index contributed by atoms with van der Waals surface area (Å²) in [4.78, 5) is 27.3. The van der Waals surface area contributed by atoms with Crippen LogP contribution >= 0.6 is 0 Å². The van der Waals surface area contributed by atoms with Crippen molar-refractivity contribution in [3.63, 3.8) is 0 Å². The summed E-state index contributed by atoms with van der Waals surface area (Å²) in [7, 11) is 3.57. The van der Waals surface area contributed by atoms with Gasteiger partial charge in [0.2, 0.25) is 11.9 Å². The molecule has 150 valence electrons. The zero-order valence-corrected chi connectivity index (χ0v) is 16.7. The molecule has 30 heavy (non-hydrogen) atoms. The Labute approximate surface area is 174 Å². The van der Waals surface area contributed by atoms with Gasteiger partial charge in [0.05, 0.1) is 18.3 Å². The summed E-state index contributed by atoms with van der Waals surface area (Å²) < 4.78 is 1.70. The molecule has 0 aliphatic carbocycles. The lowest BCUT2D eigenvalue weighted by atomic mass is 10.1. The highest BCUT2D eigenvalue weighted by Crippen LogP contribution is 2.21. The van der Waals surface area contributed by atoms with Crippen LogP contribution in [-0.2, 0) is 18.3 Å². The highest BCUT2D eigenvalue weighted by atomic mass is 16.2. The van der Waals surface area contributed by atoms with Crippen LogP contribution in [-0.4, -0.2) is 37.7 Å². The van der Waals surface area contributed by atoms with Crippen molar-refractivity contribution in [1.82, 2.24) is 24.7 Å². The number of hydrogen-bond donors (Lipinski definition) is 1. The fourth-order valence-electron chi connectivity index (χ4n) is 2.94. The third-order valence-corrected chi connectivity index (χ3v) is 4.68. The molecule has 0 spiro atoms. The smallest absolute Gasteiger partial charge is 0.232 e. The molecule has 8 nitrogen and oxygen atoms in total. The van der Waals surface area contributed by atoms with E-state index in [-0.39, 0.29) is 5.91 Å². The number of rotatable bonds is 6. The summed E-state index contributed by atoms with van der Waals surface area (Å²) in [5.41, 5.74) is 2.53. The van der Waals surface area contributed by atoms with E-state index in [1.807, 2.05) is 61.6 Å². The number of nitrogens with zero attached hydrogens (tertiary/aromatic N) is 6. The number of benzene rings is 1. The number of likely N-dealkylation sites (N-methyl/N-ethyl adjacent to an activating group) is 1. The average Bonchev–Trinajstić information content (AvgIpc) is 3.18. The van der Waals surface area contributed by atoms with E-state index in [9.17, 15) is 4.79 Å². The average molecular weight is 399 g/mol. The number of aromatic nitrogens is 5. The monoisotopic (exact) mass is 399 g/mol. The molecule has 0 aliphatic heterocycles. The number of carbonyl (C=O) groups excluding carboxylic acids is 1. The predicted molar refractivity (Wildman–Crippen MR) is 115 cm³/mol. The third kappa shape index (κ3) is 4.33. The number of nitrogens with one attached hydrogen (secondary N) is 1. The van der Waals surface area contributed by atoms with Crippen molar-refractivity contribution in [1.29, 1.82) is 0 Å². The normalized spacial score (nSPS) is 10.6. The SMILES string of the molecule is CN(C(=O)Cc1ccccc1)c1ccc(-c2ccnc(Nc3ccnn3C)n2)cn1. The summed E-state index contributed by atoms with van der Waals surface area (Å²) in [5.74, 6) is 1.82. The molecule has 1 N–H and O–H groups in total. The number of carbonyl (C=O) groups is 1. The van der Waals surface area contributed by atoms with E-state index in [1.165, 1.54) is 0 Å². The molecule has 0 fully saturated rings. The first-order valence-electron chi connectivity index (χ1n) is 9.45. The molecule has 1 aromatic carbocycles. The quantitative estimate of drug-likeness (QED) is 0.536. The lowest BCUT2D eigenvalue weighted by Gasteiger charge is -2.16. The molecule has 3 aromatic heterocycles. The summed E-state index contributed by atoms with van der Waals surface area (Å²) in [6, 6.07) is 17.0. The van der Waals surface area contributed by atoms with Crippen LogP contribution in [0.3, 0.4) is 0 Å². The van der Waals surface area contributed by atoms with Crippen molar-refractivity contribution >= 4 is 23.5 Å². The van der Waals surface area contributed by atoms with E-state index in [0.717, 1.165) is 22.6 Å². The van der Waals surface area contributed by atoms with Crippen LogP contribution in [0.15, 0.2) is 73.2 Å². The standard InChI is InChI=1S/C22H21N7O/c1-28(21(30)14-16-6-4-3-5-7-16)19-9-8-17(15-24-19)18-10-12-23-22(26-18)27-20-11-13-25-29(20)2/h3-13,15H,14H2,1-2H3,(H,23,26,27). The molecule has 3 heterocycles. The number of anilines is 3. The zero-order valence-electron chi connectivity index (χ0n) is 16.7. The first-order valence-corrected chi connectivity index (χ1v) is 9.45. The van der Waals surface area contributed by atoms with Crippen LogP contribution in [0.4, 0.5) is 17.6 Å². The number of hydrogen-bond acceptors (Lipinski definition) is 6. The summed E-state index contributed by atoms with van der Waals surface area (Å²) in [6.07, 6.45) is 5.42. The second kappa shape index (κ2) is 8.52. The number of aryl methyl sites for hydroxylation is 1. The first kappa shape index (κ1) is 19.3. The van der Waals surface area contributed by atoms with Gasteiger partial charge in [-0.2, -0.15) is 5.10 Å². The molecular weight excluding hydrogens is 378 g/mol. The fraction of sp³-hybridized carbons (Fsp3) is 0.136. The van der Waals surface area contributed by atoms with E-state index in [4.69, 9.17) is 0 Å². The van der Waals surface area contributed by atoms with Gasteiger partial charge in [0.25, 0.3) is 0 Å². The summed E-state index contributed by atoms with van der Waals surface area (Å²) >= 11 is 0. The Morgan fingerprint density at radius 2 is 1.87 bits per heavy atom. The maximum absolute atomic E-state index is 12.5. The Morgan fingerprint density at radius 1 is 1.03 bits per heavy atom. The van der Waals surface area contributed by atoms with Gasteiger partial charge in [-0.25, -0.2) is 15.0 Å². The van der Waals surface area contributed by atoms with Gasteiger partial charge in [-0.15, -0.1) is 0 Å². The van der Waals surface area contributed by atoms with E-state index in [1.54, 1.807) is 35.2 Å². The molecule has 1 amide bonds. The van der Waals surface area contributed by atoms with Crippen molar-refractivity contribution in [3.8, 4) is 11.3 Å². The molecular formula is C22H21N7O. The molecule has 0 saturated carbocycles. The predicted octanol–water partition coefficient (Wildman–Crippen LogP) is 3.22. The van der Waals surface area contributed by atoms with Gasteiger partial charge in [-0.1, -0.05) is 30.3 Å². The maximum atomic E-state index is 12.5. The zero-order chi connectivity index (χ0) is 20.9. The molecule has 0 unspecified atom stereocenters. The Balaban J connectivity index is 1.47. The van der Waals surface area contributed by atoms with Crippen molar-refractivity contribution in [2.24, 2.45) is 7.05 Å². The Morgan fingerprint density at radius 3 is 2.57 bits per heavy atom. The van der Waals surface area contributed by atoms with Crippen LogP contribution in [0, 0.1) is 0 Å². The van der Waals surface area contributed by atoms with Crippen molar-refractivity contribution in [2.75, 3.05) is 17.3 Å². The third-order valence-electron chi connectivity index (χ3n) is 4.68. The fourth-order valence-corrected chi connectivity index (χ4v) is 2.94. The van der Waals surface area contributed by atoms with Crippen molar-refractivity contribution in [2.45, 2.75) is 6.42 Å². The highest BCUT2D eigenvalue weighted by molar-refractivity contribution is 5.93. The largest absolute Gasteiger partial charge is 0.309 e. The number of amides is 1. The van der Waals surface area contributed by atoms with Crippen LogP contribution < -0.4 is 10.2 Å². The van der Waals surface area contributed by atoms with Crippen molar-refractivity contribution < 1.29 is 4.79 Å². The van der Waals surface area contributed by atoms with Gasteiger partial charge >= 0.3 is 0 Å². The van der Waals surface area contributed by atoms with Gasteiger partial charge < -0.3 is 5.32 Å². The minimum absolute atomic E-state index is 0.0221. The lowest BCUT2D eigenvalue weighted by molar-refractivity contribution is -0.117. The highest BCUT2D eigenvalue weighted by Gasteiger charge is 2.13. The molecule has 0 bridgehead atoms. The van der Waals surface area contributed by atoms with Gasteiger partial charge in [-0.3, -0.25) is 14.4 Å². The van der Waals surface area contributed by atoms with Gasteiger partial charge in [-0.05, 0) is 23.8 Å². The van der Waals surface area contributed by atoms with E-state index >= 15 is 0 Å². The Hall–Kier alpha value is -4.07. The number of pyridine rings is 1. The molecule has 8 heteroatoms. The summed E-state index contributed by atoms with van der Waals surface area (Å²) in [6.45, 7) is 0.